The Morgan fingerprint density at radius 1 is 0.881 bits per heavy atom. The van der Waals surface area contributed by atoms with Gasteiger partial charge in [0, 0.05) is 61.9 Å². The van der Waals surface area contributed by atoms with Crippen molar-refractivity contribution in [1.29, 1.82) is 0 Å². The fourth-order valence-corrected chi connectivity index (χ4v) is 6.80. The largest absolute Gasteiger partial charge is 0.337 e. The molecule has 3 aromatic carbocycles. The average Bonchev–Trinajstić information content (AvgIpc) is 3.25. The van der Waals surface area contributed by atoms with Gasteiger partial charge in [-0.25, -0.2) is 8.42 Å². The van der Waals surface area contributed by atoms with Gasteiger partial charge in [0.15, 0.2) is 9.84 Å². The van der Waals surface area contributed by atoms with E-state index in [2.05, 4.69) is 52.9 Å². The summed E-state index contributed by atoms with van der Waals surface area (Å²) in [4.78, 5) is 22.1. The van der Waals surface area contributed by atoms with Gasteiger partial charge in [-0.2, -0.15) is 0 Å². The van der Waals surface area contributed by atoms with Crippen molar-refractivity contribution in [3.63, 3.8) is 0 Å². The molecule has 0 radical (unpaired) electrons. The number of amides is 1. The summed E-state index contributed by atoms with van der Waals surface area (Å²) in [5.74, 6) is 6.31. The van der Waals surface area contributed by atoms with Crippen molar-refractivity contribution >= 4 is 26.6 Å². The second kappa shape index (κ2) is 13.8. The molecule has 0 bridgehead atoms. The first-order valence-corrected chi connectivity index (χ1v) is 16.3. The first kappa shape index (κ1) is 29.5. The Labute approximate surface area is 249 Å². The van der Waals surface area contributed by atoms with Gasteiger partial charge in [0.25, 0.3) is 5.91 Å². The van der Waals surface area contributed by atoms with Crippen LogP contribution in [0.2, 0.25) is 0 Å². The fourth-order valence-electron chi connectivity index (χ4n) is 5.26. The zero-order valence-corrected chi connectivity index (χ0v) is 24.9. The highest BCUT2D eigenvalue weighted by Crippen LogP contribution is 2.24. The van der Waals surface area contributed by atoms with Gasteiger partial charge in [-0.05, 0) is 60.4 Å². The van der Waals surface area contributed by atoms with E-state index in [0.717, 1.165) is 56.3 Å². The third-order valence-corrected chi connectivity index (χ3v) is 9.33. The lowest BCUT2D eigenvalue weighted by atomic mass is 10.1. The monoisotopic (exact) mass is 579 g/mol. The van der Waals surface area contributed by atoms with E-state index in [1.807, 2.05) is 17.0 Å². The van der Waals surface area contributed by atoms with Gasteiger partial charge in [0.05, 0.1) is 16.2 Å². The van der Waals surface area contributed by atoms with E-state index < -0.39 is 9.84 Å². The summed E-state index contributed by atoms with van der Waals surface area (Å²) in [7, 11) is -3.61. The van der Waals surface area contributed by atoms with Gasteiger partial charge in [0.1, 0.15) is 0 Å². The van der Waals surface area contributed by atoms with Crippen molar-refractivity contribution < 1.29 is 13.2 Å². The second-order valence-electron chi connectivity index (χ2n) is 10.8. The number of hydrogen-bond donors (Lipinski definition) is 0. The molecule has 2 heterocycles. The number of carbonyl (C=O) groups excluding carboxylic acids is 1. The van der Waals surface area contributed by atoms with Crippen LogP contribution in [0.1, 0.15) is 59.7 Å². The molecule has 42 heavy (non-hydrogen) atoms. The highest BCUT2D eigenvalue weighted by Gasteiger charge is 2.22. The SMILES string of the molecule is CCCCC#Cc1ccc(CN2CCCN(C(=O)c3ccc(CS(=O)(=O)c4cccc5cccnc45)cc3)CC2)cc1. The molecular weight excluding hydrogens is 542 g/mol. The Hall–Kier alpha value is -3.99. The number of pyridine rings is 1. The summed E-state index contributed by atoms with van der Waals surface area (Å²) < 4.78 is 26.5. The van der Waals surface area contributed by atoms with Gasteiger partial charge in [0.2, 0.25) is 0 Å². The summed E-state index contributed by atoms with van der Waals surface area (Å²) in [5, 5.41) is 0.788. The van der Waals surface area contributed by atoms with Crippen LogP contribution in [-0.4, -0.2) is 55.3 Å². The average molecular weight is 580 g/mol. The van der Waals surface area contributed by atoms with E-state index in [1.165, 1.54) is 5.56 Å². The predicted octanol–water partition coefficient (Wildman–Crippen LogP) is 6.10. The van der Waals surface area contributed by atoms with E-state index >= 15 is 0 Å². The number of carbonyl (C=O) groups is 1. The Morgan fingerprint density at radius 3 is 2.43 bits per heavy atom. The molecule has 5 rings (SSSR count). The third-order valence-electron chi connectivity index (χ3n) is 7.61. The van der Waals surface area contributed by atoms with Crippen LogP contribution < -0.4 is 0 Å². The number of sulfone groups is 1. The summed E-state index contributed by atoms with van der Waals surface area (Å²) in [5.41, 5.74) is 3.99. The van der Waals surface area contributed by atoms with E-state index in [0.29, 0.717) is 29.7 Å². The minimum Gasteiger partial charge on any atom is -0.337 e. The first-order chi connectivity index (χ1) is 20.4. The van der Waals surface area contributed by atoms with E-state index in [4.69, 9.17) is 0 Å². The number of unbranched alkanes of at least 4 members (excludes halogenated alkanes) is 2. The van der Waals surface area contributed by atoms with Crippen LogP contribution in [-0.2, 0) is 22.1 Å². The van der Waals surface area contributed by atoms with Crippen LogP contribution in [0.25, 0.3) is 10.9 Å². The highest BCUT2D eigenvalue weighted by molar-refractivity contribution is 7.90. The zero-order chi connectivity index (χ0) is 29.4. The molecule has 6 nitrogen and oxygen atoms in total. The standard InChI is InChI=1S/C35H37N3O3S/c1-2-3-4-5-9-28-13-15-29(16-14-28)26-37-22-8-23-38(25-24-37)35(39)32-19-17-30(18-20-32)27-42(40,41)33-12-6-10-31-11-7-21-36-34(31)33/h6-7,10-21H,2-4,8,22-27H2,1H3. The zero-order valence-electron chi connectivity index (χ0n) is 24.1. The summed E-state index contributed by atoms with van der Waals surface area (Å²) in [6, 6.07) is 24.3. The Balaban J connectivity index is 1.17. The number of hydrogen-bond acceptors (Lipinski definition) is 5. The molecule has 1 amide bonds. The minimum atomic E-state index is -3.61. The number of benzene rings is 3. The lowest BCUT2D eigenvalue weighted by Crippen LogP contribution is -2.35. The molecule has 0 unspecified atom stereocenters. The van der Waals surface area contributed by atoms with Gasteiger partial charge >= 0.3 is 0 Å². The van der Waals surface area contributed by atoms with Gasteiger partial charge < -0.3 is 4.90 Å². The van der Waals surface area contributed by atoms with E-state index in [9.17, 15) is 13.2 Å². The normalized spacial score (nSPS) is 14.3. The molecule has 1 saturated heterocycles. The van der Waals surface area contributed by atoms with Crippen LogP contribution in [0.3, 0.4) is 0 Å². The molecule has 1 fully saturated rings. The van der Waals surface area contributed by atoms with Crippen molar-refractivity contribution in [3.8, 4) is 11.8 Å². The van der Waals surface area contributed by atoms with Crippen molar-refractivity contribution in [2.75, 3.05) is 26.2 Å². The number of rotatable bonds is 8. The van der Waals surface area contributed by atoms with Crippen molar-refractivity contribution in [3.05, 3.63) is 107 Å². The second-order valence-corrected chi connectivity index (χ2v) is 12.8. The summed E-state index contributed by atoms with van der Waals surface area (Å²) in [6.07, 6.45) is 5.75. The predicted molar refractivity (Wildman–Crippen MR) is 168 cm³/mol. The lowest BCUT2D eigenvalue weighted by molar-refractivity contribution is 0.0761. The number of aromatic nitrogens is 1. The molecule has 0 atom stereocenters. The Kier molecular flexibility index (Phi) is 9.68. The first-order valence-electron chi connectivity index (χ1n) is 14.7. The minimum absolute atomic E-state index is 0.0180. The van der Waals surface area contributed by atoms with Gasteiger partial charge in [-0.1, -0.05) is 67.6 Å². The molecule has 1 aliphatic heterocycles. The number of fused-ring (bicyclic) bond motifs is 1. The Morgan fingerprint density at radius 2 is 1.64 bits per heavy atom. The molecule has 7 heteroatoms. The van der Waals surface area contributed by atoms with Crippen LogP contribution in [0.15, 0.2) is 90.0 Å². The summed E-state index contributed by atoms with van der Waals surface area (Å²) in [6.45, 7) is 6.12. The molecule has 0 N–H and O–H groups in total. The maximum Gasteiger partial charge on any atom is 0.253 e. The van der Waals surface area contributed by atoms with Crippen LogP contribution in [0.4, 0.5) is 0 Å². The number of nitrogens with zero attached hydrogens (tertiary/aromatic N) is 3. The Bertz CT molecular complexity index is 1680. The van der Waals surface area contributed by atoms with Crippen LogP contribution in [0.5, 0.6) is 0 Å². The molecule has 0 aliphatic carbocycles. The van der Waals surface area contributed by atoms with E-state index in [-0.39, 0.29) is 16.6 Å². The lowest BCUT2D eigenvalue weighted by Gasteiger charge is -2.22. The molecule has 1 aliphatic rings. The van der Waals surface area contributed by atoms with Crippen molar-refractivity contribution in [2.45, 2.75) is 49.8 Å². The molecule has 4 aromatic rings. The maximum atomic E-state index is 13.3. The van der Waals surface area contributed by atoms with Crippen LogP contribution in [0, 0.1) is 11.8 Å². The van der Waals surface area contributed by atoms with Crippen LogP contribution >= 0.6 is 0 Å². The van der Waals surface area contributed by atoms with E-state index in [1.54, 1.807) is 48.7 Å². The molecule has 0 saturated carbocycles. The molecule has 0 spiro atoms. The molecular formula is C35H37N3O3S. The topological polar surface area (TPSA) is 70.6 Å². The molecule has 1 aromatic heterocycles. The van der Waals surface area contributed by atoms with Crippen molar-refractivity contribution in [1.82, 2.24) is 14.8 Å². The smallest absolute Gasteiger partial charge is 0.253 e. The maximum absolute atomic E-state index is 13.3. The third kappa shape index (κ3) is 7.44. The fraction of sp³-hybridized carbons (Fsp3) is 0.314. The quantitative estimate of drug-likeness (QED) is 0.186. The summed E-state index contributed by atoms with van der Waals surface area (Å²) >= 11 is 0. The van der Waals surface area contributed by atoms with Gasteiger partial charge in [-0.3, -0.25) is 14.7 Å². The number of para-hydroxylation sites is 1. The highest BCUT2D eigenvalue weighted by atomic mass is 32.2. The van der Waals surface area contributed by atoms with Crippen molar-refractivity contribution in [2.24, 2.45) is 0 Å². The molecule has 216 valence electrons. The van der Waals surface area contributed by atoms with Gasteiger partial charge in [-0.15, -0.1) is 0 Å².